The van der Waals surface area contributed by atoms with Gasteiger partial charge in [-0.15, -0.1) is 0 Å². The summed E-state index contributed by atoms with van der Waals surface area (Å²) in [5.74, 6) is -2.88. The third-order valence-corrected chi connectivity index (χ3v) is 8.27. The Bertz CT molecular complexity index is 1110. The van der Waals surface area contributed by atoms with Crippen molar-refractivity contribution in [3.63, 3.8) is 0 Å². The fourth-order valence-corrected chi connectivity index (χ4v) is 5.70. The second kappa shape index (κ2) is 8.67. The largest absolute Gasteiger partial charge is 0.371 e. The standard InChI is InChI=1S/C25H28F2IN3O2/c26-25(27)7-5-19(6-8-25)31-16-18(2-4-22(31)32)29-23(33)20-3-1-17(28)15-21(20)30-13-11-24(9-10-24)12-14-30/h1-4,15-16,19H,5-14H2,(H,29,33). The van der Waals surface area contributed by atoms with Crippen LogP contribution in [0.5, 0.6) is 0 Å². The highest BCUT2D eigenvalue weighted by molar-refractivity contribution is 14.1. The van der Waals surface area contributed by atoms with Crippen LogP contribution >= 0.6 is 22.6 Å². The summed E-state index contributed by atoms with van der Waals surface area (Å²) in [6, 6.07) is 8.55. The molecule has 1 saturated heterocycles. The Morgan fingerprint density at radius 2 is 1.70 bits per heavy atom. The molecule has 0 unspecified atom stereocenters. The van der Waals surface area contributed by atoms with E-state index in [-0.39, 0.29) is 43.2 Å². The first-order valence-electron chi connectivity index (χ1n) is 11.7. The van der Waals surface area contributed by atoms with Crippen LogP contribution in [0.1, 0.15) is 67.8 Å². The van der Waals surface area contributed by atoms with E-state index in [0.717, 1.165) is 22.3 Å². The van der Waals surface area contributed by atoms with Gasteiger partial charge in [0.1, 0.15) is 0 Å². The zero-order valence-corrected chi connectivity index (χ0v) is 20.6. The van der Waals surface area contributed by atoms with Crippen LogP contribution in [0, 0.1) is 8.99 Å². The van der Waals surface area contributed by atoms with Gasteiger partial charge in [-0.2, -0.15) is 0 Å². The van der Waals surface area contributed by atoms with Crippen LogP contribution in [0.15, 0.2) is 41.3 Å². The number of alkyl halides is 2. The molecule has 8 heteroatoms. The third-order valence-electron chi connectivity index (χ3n) is 7.60. The minimum absolute atomic E-state index is 0.218. The number of hydrogen-bond acceptors (Lipinski definition) is 3. The van der Waals surface area contributed by atoms with Crippen molar-refractivity contribution in [2.75, 3.05) is 23.3 Å². The summed E-state index contributed by atoms with van der Waals surface area (Å²) in [5, 5.41) is 2.93. The molecule has 2 heterocycles. The highest BCUT2D eigenvalue weighted by atomic mass is 127. The minimum Gasteiger partial charge on any atom is -0.371 e. The van der Waals surface area contributed by atoms with Gasteiger partial charge in [0.25, 0.3) is 11.5 Å². The van der Waals surface area contributed by atoms with E-state index in [4.69, 9.17) is 0 Å². The van der Waals surface area contributed by atoms with E-state index in [1.807, 2.05) is 12.1 Å². The van der Waals surface area contributed by atoms with Crippen molar-refractivity contribution in [3.8, 4) is 0 Å². The predicted molar refractivity (Wildman–Crippen MR) is 133 cm³/mol. The first-order chi connectivity index (χ1) is 15.7. The van der Waals surface area contributed by atoms with Crippen LogP contribution in [0.2, 0.25) is 0 Å². The Kier molecular flexibility index (Phi) is 5.99. The first-order valence-corrected chi connectivity index (χ1v) is 12.8. The molecule has 0 radical (unpaired) electrons. The van der Waals surface area contributed by atoms with Crippen LogP contribution in [-0.4, -0.2) is 29.5 Å². The molecule has 176 valence electrons. The molecule has 1 amide bonds. The molecule has 2 aliphatic carbocycles. The van der Waals surface area contributed by atoms with Crippen LogP contribution in [0.25, 0.3) is 0 Å². The second-order valence-corrected chi connectivity index (χ2v) is 11.1. The van der Waals surface area contributed by atoms with Crippen LogP contribution in [-0.2, 0) is 0 Å². The number of aromatic nitrogens is 1. The maximum absolute atomic E-state index is 13.5. The lowest BCUT2D eigenvalue weighted by atomic mass is 9.92. The van der Waals surface area contributed by atoms with Crippen molar-refractivity contribution in [3.05, 3.63) is 56.0 Å². The molecule has 1 N–H and O–H groups in total. The second-order valence-electron chi connectivity index (χ2n) is 9.85. The van der Waals surface area contributed by atoms with Crippen molar-refractivity contribution in [2.24, 2.45) is 5.41 Å². The van der Waals surface area contributed by atoms with Crippen molar-refractivity contribution in [2.45, 2.75) is 63.3 Å². The summed E-state index contributed by atoms with van der Waals surface area (Å²) in [5.41, 5.74) is 2.37. The average Bonchev–Trinajstić information content (AvgIpc) is 3.54. The maximum atomic E-state index is 13.5. The number of carbonyl (C=O) groups is 1. The van der Waals surface area contributed by atoms with Crippen molar-refractivity contribution < 1.29 is 13.6 Å². The summed E-state index contributed by atoms with van der Waals surface area (Å²) in [6.07, 6.45) is 6.66. The minimum atomic E-state index is -2.65. The van der Waals surface area contributed by atoms with Gasteiger partial charge in [0.15, 0.2) is 0 Å². The average molecular weight is 567 g/mol. The molecule has 5 rings (SSSR count). The summed E-state index contributed by atoms with van der Waals surface area (Å²) in [4.78, 5) is 28.0. The number of anilines is 2. The fourth-order valence-electron chi connectivity index (χ4n) is 5.22. The van der Waals surface area contributed by atoms with Gasteiger partial charge in [0, 0.05) is 47.8 Å². The van der Waals surface area contributed by atoms with Gasteiger partial charge >= 0.3 is 0 Å². The number of pyridine rings is 1. The van der Waals surface area contributed by atoms with Crippen LogP contribution in [0.3, 0.4) is 0 Å². The van der Waals surface area contributed by atoms with E-state index < -0.39 is 5.92 Å². The number of rotatable bonds is 4. The number of piperidine rings is 1. The number of amides is 1. The molecule has 3 aliphatic rings. The highest BCUT2D eigenvalue weighted by Gasteiger charge is 2.44. The quantitative estimate of drug-likeness (QED) is 0.473. The number of benzene rings is 1. The third kappa shape index (κ3) is 4.95. The Morgan fingerprint density at radius 1 is 1.00 bits per heavy atom. The molecule has 1 aromatic heterocycles. The Morgan fingerprint density at radius 3 is 2.36 bits per heavy atom. The molecule has 2 saturated carbocycles. The SMILES string of the molecule is O=C(Nc1ccc(=O)n(C2CCC(F)(F)CC2)c1)c1ccc(I)cc1N1CCC2(CC1)CC2. The molecule has 3 fully saturated rings. The van der Waals surface area contributed by atoms with E-state index in [2.05, 4.69) is 38.9 Å². The fraction of sp³-hybridized carbons (Fsp3) is 0.520. The zero-order valence-electron chi connectivity index (χ0n) is 18.5. The zero-order chi connectivity index (χ0) is 23.2. The van der Waals surface area contributed by atoms with Gasteiger partial charge in [-0.25, -0.2) is 8.78 Å². The summed E-state index contributed by atoms with van der Waals surface area (Å²) in [6.45, 7) is 1.91. The van der Waals surface area contributed by atoms with Crippen molar-refractivity contribution >= 4 is 39.9 Å². The molecular weight excluding hydrogens is 539 g/mol. The van der Waals surface area contributed by atoms with Gasteiger partial charge in [0.05, 0.1) is 16.9 Å². The van der Waals surface area contributed by atoms with Gasteiger partial charge < -0.3 is 14.8 Å². The van der Waals surface area contributed by atoms with E-state index >= 15 is 0 Å². The normalized spacial score (nSPS) is 21.7. The number of halogens is 3. The Hall–Kier alpha value is -1.97. The number of carbonyl (C=O) groups excluding carboxylic acids is 1. The number of nitrogens with one attached hydrogen (secondary N) is 1. The number of nitrogens with zero attached hydrogens (tertiary/aromatic N) is 2. The lowest BCUT2D eigenvalue weighted by molar-refractivity contribution is -0.0442. The molecule has 0 atom stereocenters. The summed E-state index contributed by atoms with van der Waals surface area (Å²) in [7, 11) is 0. The van der Waals surface area contributed by atoms with Crippen molar-refractivity contribution in [1.29, 1.82) is 0 Å². The Labute approximate surface area is 205 Å². The first kappa shape index (κ1) is 22.8. The number of hydrogen-bond donors (Lipinski definition) is 1. The van der Waals surface area contributed by atoms with E-state index in [1.54, 1.807) is 12.3 Å². The van der Waals surface area contributed by atoms with Gasteiger partial charge in [0.2, 0.25) is 5.92 Å². The lowest BCUT2D eigenvalue weighted by Gasteiger charge is -2.35. The van der Waals surface area contributed by atoms with E-state index in [9.17, 15) is 18.4 Å². The molecule has 33 heavy (non-hydrogen) atoms. The highest BCUT2D eigenvalue weighted by Crippen LogP contribution is 2.54. The molecule has 0 bridgehead atoms. The van der Waals surface area contributed by atoms with Gasteiger partial charge in [-0.1, -0.05) is 0 Å². The smallest absolute Gasteiger partial charge is 0.257 e. The molecule has 2 aromatic rings. The predicted octanol–water partition coefficient (Wildman–Crippen LogP) is 5.84. The van der Waals surface area contributed by atoms with Gasteiger partial charge in [-0.05, 0) is 90.8 Å². The Balaban J connectivity index is 1.34. The summed E-state index contributed by atoms with van der Waals surface area (Å²) >= 11 is 2.27. The topological polar surface area (TPSA) is 54.3 Å². The lowest BCUT2D eigenvalue weighted by Crippen LogP contribution is -2.35. The van der Waals surface area contributed by atoms with Crippen LogP contribution < -0.4 is 15.8 Å². The molecule has 1 aliphatic heterocycles. The van der Waals surface area contributed by atoms with Crippen LogP contribution in [0.4, 0.5) is 20.2 Å². The van der Waals surface area contributed by atoms with E-state index in [1.165, 1.54) is 36.3 Å². The van der Waals surface area contributed by atoms with E-state index in [0.29, 0.717) is 16.7 Å². The summed E-state index contributed by atoms with van der Waals surface area (Å²) < 4.78 is 29.7. The molecule has 1 spiro atoms. The molecule has 1 aromatic carbocycles. The van der Waals surface area contributed by atoms with Crippen molar-refractivity contribution in [1.82, 2.24) is 4.57 Å². The molecule has 5 nitrogen and oxygen atoms in total. The monoisotopic (exact) mass is 567 g/mol. The maximum Gasteiger partial charge on any atom is 0.257 e. The molecular formula is C25H28F2IN3O2. The van der Waals surface area contributed by atoms with Gasteiger partial charge in [-0.3, -0.25) is 9.59 Å².